The molecule has 0 saturated carbocycles. The lowest BCUT2D eigenvalue weighted by Gasteiger charge is -2.32. The van der Waals surface area contributed by atoms with Crippen LogP contribution in [-0.4, -0.2) is 49.3 Å². The van der Waals surface area contributed by atoms with Crippen LogP contribution in [0.3, 0.4) is 0 Å². The number of aryl methyl sites for hydroxylation is 1. The van der Waals surface area contributed by atoms with Crippen LogP contribution in [0.5, 0.6) is 0 Å². The molecule has 8 heteroatoms. The quantitative estimate of drug-likeness (QED) is 0.259. The molecule has 172 valence electrons. The first kappa shape index (κ1) is 24.2. The van der Waals surface area contributed by atoms with Gasteiger partial charge in [0.2, 0.25) is 5.69 Å². The maximum Gasteiger partial charge on any atom is 0.258 e. The van der Waals surface area contributed by atoms with Crippen molar-refractivity contribution in [1.29, 1.82) is 0 Å². The first-order valence-electron chi connectivity index (χ1n) is 11.1. The van der Waals surface area contributed by atoms with E-state index in [1.54, 1.807) is 13.0 Å². The second-order valence-corrected chi connectivity index (χ2v) is 8.97. The van der Waals surface area contributed by atoms with Gasteiger partial charge in [0.05, 0.1) is 5.71 Å². The summed E-state index contributed by atoms with van der Waals surface area (Å²) in [6, 6.07) is 9.87. The third-order valence-electron chi connectivity index (χ3n) is 5.89. The number of benzene rings is 1. The van der Waals surface area contributed by atoms with Gasteiger partial charge in [0.1, 0.15) is 12.2 Å². The number of hydrogen-bond acceptors (Lipinski definition) is 5. The molecule has 0 radical (unpaired) electrons. The van der Waals surface area contributed by atoms with Crippen molar-refractivity contribution >= 4 is 27.5 Å². The van der Waals surface area contributed by atoms with Gasteiger partial charge in [-0.25, -0.2) is 0 Å². The summed E-state index contributed by atoms with van der Waals surface area (Å²) in [6.45, 7) is 9.20. The van der Waals surface area contributed by atoms with Gasteiger partial charge in [0, 0.05) is 36.5 Å². The van der Waals surface area contributed by atoms with E-state index < -0.39 is 0 Å². The van der Waals surface area contributed by atoms with E-state index in [2.05, 4.69) is 43.4 Å². The number of hydrogen-bond donors (Lipinski definition) is 1. The van der Waals surface area contributed by atoms with Crippen molar-refractivity contribution in [3.05, 3.63) is 68.6 Å². The van der Waals surface area contributed by atoms with E-state index in [4.69, 9.17) is 4.84 Å². The van der Waals surface area contributed by atoms with Crippen LogP contribution in [0.4, 0.5) is 0 Å². The zero-order valence-corrected chi connectivity index (χ0v) is 20.5. The van der Waals surface area contributed by atoms with Crippen molar-refractivity contribution in [1.82, 2.24) is 10.2 Å². The second-order valence-electron chi connectivity index (χ2n) is 8.06. The molecule has 3 rings (SSSR count). The van der Waals surface area contributed by atoms with E-state index in [9.17, 15) is 10.0 Å². The highest BCUT2D eigenvalue weighted by molar-refractivity contribution is 9.10. The minimum atomic E-state index is -0.193. The average molecular weight is 503 g/mol. The molecule has 32 heavy (non-hydrogen) atoms. The topological polar surface area (TPSA) is 80.9 Å². The Morgan fingerprint density at radius 3 is 2.59 bits per heavy atom. The molecule has 1 N–H and O–H groups in total. The van der Waals surface area contributed by atoms with E-state index >= 15 is 0 Å². The van der Waals surface area contributed by atoms with Crippen molar-refractivity contribution < 1.29 is 14.4 Å². The van der Waals surface area contributed by atoms with Crippen LogP contribution in [0.15, 0.2) is 46.2 Å². The first-order chi connectivity index (χ1) is 15.4. The van der Waals surface area contributed by atoms with Gasteiger partial charge in [-0.1, -0.05) is 33.2 Å². The van der Waals surface area contributed by atoms with Crippen LogP contribution in [0.25, 0.3) is 0 Å². The molecule has 0 spiro atoms. The Labute approximate surface area is 198 Å². The largest absolute Gasteiger partial charge is 0.618 e. The standard InChI is InChI=1S/C24H31BrN4O3/c1-4-32-27-23(19-5-7-21(25)8-6-19)20-10-13-28(14-11-20)16-12-26-24(30)22-17(2)9-15-29(31)18(22)3/h5-9,15,20H,4,10-14,16H2,1-3H3,(H,26,30)/b27-23+. The van der Waals surface area contributed by atoms with Gasteiger partial charge in [0.25, 0.3) is 5.91 Å². The molecule has 1 fully saturated rings. The summed E-state index contributed by atoms with van der Waals surface area (Å²) in [4.78, 5) is 20.4. The van der Waals surface area contributed by atoms with Crippen LogP contribution < -0.4 is 10.0 Å². The van der Waals surface area contributed by atoms with Crippen LogP contribution in [0.1, 0.15) is 46.9 Å². The summed E-state index contributed by atoms with van der Waals surface area (Å²) in [5, 5.41) is 19.2. The zero-order valence-electron chi connectivity index (χ0n) is 18.9. The van der Waals surface area contributed by atoms with Crippen molar-refractivity contribution in [2.75, 3.05) is 32.8 Å². The van der Waals surface area contributed by atoms with Crippen molar-refractivity contribution in [2.24, 2.45) is 11.1 Å². The molecule has 1 aromatic carbocycles. The van der Waals surface area contributed by atoms with Gasteiger partial charge in [0.15, 0.2) is 6.20 Å². The maximum atomic E-state index is 12.6. The highest BCUT2D eigenvalue weighted by Gasteiger charge is 2.25. The predicted molar refractivity (Wildman–Crippen MR) is 129 cm³/mol. The normalized spacial score (nSPS) is 15.6. The molecular weight excluding hydrogens is 472 g/mol. The smallest absolute Gasteiger partial charge is 0.258 e. The molecule has 1 saturated heterocycles. The molecule has 7 nitrogen and oxygen atoms in total. The number of halogens is 1. The van der Waals surface area contributed by atoms with Gasteiger partial charge < -0.3 is 20.3 Å². The molecule has 1 amide bonds. The Morgan fingerprint density at radius 2 is 1.94 bits per heavy atom. The fraction of sp³-hybridized carbons (Fsp3) is 0.458. The van der Waals surface area contributed by atoms with Crippen LogP contribution >= 0.6 is 15.9 Å². The molecule has 0 aliphatic carbocycles. The molecule has 1 aromatic heterocycles. The van der Waals surface area contributed by atoms with Crippen LogP contribution in [0, 0.1) is 25.0 Å². The summed E-state index contributed by atoms with van der Waals surface area (Å²) in [7, 11) is 0. The summed E-state index contributed by atoms with van der Waals surface area (Å²) in [6.07, 6.45) is 3.41. The molecular formula is C24H31BrN4O3. The Hall–Kier alpha value is -2.45. The fourth-order valence-electron chi connectivity index (χ4n) is 4.08. The lowest BCUT2D eigenvalue weighted by molar-refractivity contribution is -0.612. The third-order valence-corrected chi connectivity index (χ3v) is 6.42. The Morgan fingerprint density at radius 1 is 1.25 bits per heavy atom. The van der Waals surface area contributed by atoms with E-state index in [1.807, 2.05) is 26.0 Å². The Balaban J connectivity index is 1.52. The number of nitrogens with zero attached hydrogens (tertiary/aromatic N) is 3. The van der Waals surface area contributed by atoms with E-state index in [0.29, 0.717) is 30.3 Å². The van der Waals surface area contributed by atoms with Crippen LogP contribution in [-0.2, 0) is 4.84 Å². The minimum absolute atomic E-state index is 0.193. The number of carbonyl (C=O) groups excluding carboxylic acids is 1. The zero-order chi connectivity index (χ0) is 23.1. The summed E-state index contributed by atoms with van der Waals surface area (Å²) < 4.78 is 1.78. The molecule has 1 aliphatic rings. The SMILES string of the molecule is CCO/N=C(\c1ccc(Br)cc1)C1CCN(CCNC(=O)c2c(C)cc[n+]([O-])c2C)CC1. The average Bonchev–Trinajstić information content (AvgIpc) is 2.79. The lowest BCUT2D eigenvalue weighted by Crippen LogP contribution is -2.42. The number of oxime groups is 1. The second kappa shape index (κ2) is 11.4. The van der Waals surface area contributed by atoms with Gasteiger partial charge in [-0.15, -0.1) is 0 Å². The van der Waals surface area contributed by atoms with Crippen LogP contribution in [0.2, 0.25) is 0 Å². The number of rotatable bonds is 8. The molecule has 2 aromatic rings. The molecule has 2 heterocycles. The molecule has 0 atom stereocenters. The number of likely N-dealkylation sites (tertiary alicyclic amines) is 1. The van der Waals surface area contributed by atoms with Gasteiger partial charge >= 0.3 is 0 Å². The van der Waals surface area contributed by atoms with Gasteiger partial charge in [-0.05, 0) is 63.0 Å². The van der Waals surface area contributed by atoms with Crippen molar-refractivity contribution in [3.63, 3.8) is 0 Å². The van der Waals surface area contributed by atoms with Crippen molar-refractivity contribution in [2.45, 2.75) is 33.6 Å². The molecule has 1 aliphatic heterocycles. The van der Waals surface area contributed by atoms with Crippen molar-refractivity contribution in [3.8, 4) is 0 Å². The van der Waals surface area contributed by atoms with Gasteiger partial charge in [-0.3, -0.25) is 4.79 Å². The number of nitrogens with one attached hydrogen (secondary N) is 1. The lowest BCUT2D eigenvalue weighted by atomic mass is 9.88. The molecule has 0 unspecified atom stereocenters. The van der Waals surface area contributed by atoms with E-state index in [0.717, 1.165) is 58.5 Å². The maximum absolute atomic E-state index is 12.6. The summed E-state index contributed by atoms with van der Waals surface area (Å²) >= 11 is 3.49. The fourth-order valence-corrected chi connectivity index (χ4v) is 4.34. The monoisotopic (exact) mass is 502 g/mol. The third kappa shape index (κ3) is 6.07. The predicted octanol–water partition coefficient (Wildman–Crippen LogP) is 3.58. The Bertz CT molecular complexity index is 954. The number of amides is 1. The number of aromatic nitrogens is 1. The summed E-state index contributed by atoms with van der Waals surface area (Å²) in [5.41, 5.74) is 3.80. The summed E-state index contributed by atoms with van der Waals surface area (Å²) in [5.74, 6) is 0.150. The number of piperidine rings is 1. The van der Waals surface area contributed by atoms with E-state index in [-0.39, 0.29) is 5.91 Å². The Kier molecular flexibility index (Phi) is 8.64. The number of pyridine rings is 1. The number of carbonyl (C=O) groups is 1. The highest BCUT2D eigenvalue weighted by Crippen LogP contribution is 2.24. The minimum Gasteiger partial charge on any atom is -0.618 e. The first-order valence-corrected chi connectivity index (χ1v) is 11.9. The highest BCUT2D eigenvalue weighted by atomic mass is 79.9. The molecule has 0 bridgehead atoms. The van der Waals surface area contributed by atoms with Gasteiger partial charge in [-0.2, -0.15) is 4.73 Å². The van der Waals surface area contributed by atoms with E-state index in [1.165, 1.54) is 6.20 Å².